The van der Waals surface area contributed by atoms with Crippen LogP contribution in [0.2, 0.25) is 0 Å². The van der Waals surface area contributed by atoms with Gasteiger partial charge in [0.2, 0.25) is 5.91 Å². The molecule has 39 heavy (non-hydrogen) atoms. The zero-order valence-electron chi connectivity index (χ0n) is 24.4. The molecule has 212 valence electrons. The number of hydrogen-bond donors (Lipinski definition) is 1. The van der Waals surface area contributed by atoms with Gasteiger partial charge in [-0.1, -0.05) is 77.3 Å². The Morgan fingerprint density at radius 1 is 1.10 bits per heavy atom. The Hall–Kier alpha value is -2.93. The molecule has 2 saturated carbocycles. The maximum Gasteiger partial charge on any atom is 0.255 e. The van der Waals surface area contributed by atoms with Crippen LogP contribution in [-0.2, 0) is 11.3 Å². The molecule has 0 radical (unpaired) electrons. The first-order chi connectivity index (χ1) is 18.3. The first-order valence-electron chi connectivity index (χ1n) is 14.4. The van der Waals surface area contributed by atoms with Crippen molar-refractivity contribution in [2.24, 2.45) is 23.2 Å². The van der Waals surface area contributed by atoms with Gasteiger partial charge in [0.1, 0.15) is 0 Å². The minimum atomic E-state index is -1.21. The standard InChI is InChI=1S/C26H35N3O4.C6H10/c1-18(2)23(31)28-13-12-26(33,25(3,4)16-28)17-29-15-21(24(32)27(5)6)20(14-22(29)30)19-10-8-7-9-11-19;1-2-5-4-6(5)3-1/h7-11,14-15,18,33H,12-13,16-17H2,1-6H3;5-6H,1-4H2. The number of piperidine rings is 1. The molecule has 2 aromatic rings. The molecule has 7 heteroatoms. The van der Waals surface area contributed by atoms with Crippen molar-refractivity contribution in [3.05, 3.63) is 58.5 Å². The summed E-state index contributed by atoms with van der Waals surface area (Å²) in [6.07, 6.45) is 8.15. The predicted octanol–water partition coefficient (Wildman–Crippen LogP) is 4.67. The number of aromatic nitrogens is 1. The Kier molecular flexibility index (Phi) is 8.41. The second kappa shape index (κ2) is 11.3. The van der Waals surface area contributed by atoms with E-state index in [2.05, 4.69) is 0 Å². The Bertz CT molecular complexity index is 1240. The Morgan fingerprint density at radius 3 is 2.23 bits per heavy atom. The van der Waals surface area contributed by atoms with Crippen molar-refractivity contribution >= 4 is 11.8 Å². The van der Waals surface area contributed by atoms with Gasteiger partial charge in [-0.15, -0.1) is 0 Å². The summed E-state index contributed by atoms with van der Waals surface area (Å²) in [6, 6.07) is 10.8. The number of likely N-dealkylation sites (tertiary alicyclic amines) is 1. The van der Waals surface area contributed by atoms with E-state index in [4.69, 9.17) is 0 Å². The lowest BCUT2D eigenvalue weighted by Crippen LogP contribution is -2.61. The zero-order valence-corrected chi connectivity index (χ0v) is 24.4. The second-order valence-corrected chi connectivity index (χ2v) is 12.9. The van der Waals surface area contributed by atoms with Gasteiger partial charge >= 0.3 is 0 Å². The third kappa shape index (κ3) is 6.29. The van der Waals surface area contributed by atoms with Crippen LogP contribution >= 0.6 is 0 Å². The van der Waals surface area contributed by atoms with Crippen LogP contribution in [0, 0.1) is 23.2 Å². The molecule has 2 amide bonds. The van der Waals surface area contributed by atoms with E-state index >= 15 is 0 Å². The minimum Gasteiger partial charge on any atom is -0.387 e. The van der Waals surface area contributed by atoms with Crippen LogP contribution in [0.25, 0.3) is 11.1 Å². The number of aliphatic hydroxyl groups is 1. The number of pyridine rings is 1. The van der Waals surface area contributed by atoms with Gasteiger partial charge in [0, 0.05) is 56.3 Å². The van der Waals surface area contributed by atoms with Crippen LogP contribution in [0.4, 0.5) is 0 Å². The summed E-state index contributed by atoms with van der Waals surface area (Å²) >= 11 is 0. The lowest BCUT2D eigenvalue weighted by atomic mass is 9.69. The van der Waals surface area contributed by atoms with Crippen LogP contribution in [0.5, 0.6) is 0 Å². The first kappa shape index (κ1) is 29.1. The lowest BCUT2D eigenvalue weighted by Gasteiger charge is -2.50. The topological polar surface area (TPSA) is 82.8 Å². The molecule has 3 unspecified atom stereocenters. The SMILES string of the molecule is C1CC2CC2C1.CC(C)C(=O)N1CCC(O)(Cn2cc(C(=O)N(C)C)c(-c3ccccc3)cc2=O)C(C)(C)C1. The largest absolute Gasteiger partial charge is 0.387 e. The summed E-state index contributed by atoms with van der Waals surface area (Å²) in [5, 5.41) is 11.6. The van der Waals surface area contributed by atoms with E-state index in [1.165, 1.54) is 33.8 Å². The Labute approximate surface area is 232 Å². The van der Waals surface area contributed by atoms with E-state index in [9.17, 15) is 19.5 Å². The van der Waals surface area contributed by atoms with Crippen LogP contribution in [0.1, 0.15) is 70.2 Å². The fourth-order valence-corrected chi connectivity index (χ4v) is 6.11. The molecule has 3 aliphatic rings. The number of rotatable bonds is 5. The van der Waals surface area contributed by atoms with Gasteiger partial charge in [-0.3, -0.25) is 14.4 Å². The number of carbonyl (C=O) groups is 2. The monoisotopic (exact) mass is 535 g/mol. The maximum absolute atomic E-state index is 13.1. The van der Waals surface area contributed by atoms with Gasteiger partial charge < -0.3 is 19.5 Å². The van der Waals surface area contributed by atoms with Gasteiger partial charge in [-0.05, 0) is 30.2 Å². The molecule has 1 aromatic carbocycles. The molecule has 2 aliphatic carbocycles. The minimum absolute atomic E-state index is 0.0469. The van der Waals surface area contributed by atoms with Gasteiger partial charge in [0.25, 0.3) is 11.5 Å². The molecule has 1 aromatic heterocycles. The number of benzene rings is 1. The van der Waals surface area contributed by atoms with Crippen LogP contribution in [0.3, 0.4) is 0 Å². The van der Waals surface area contributed by atoms with E-state index in [0.717, 1.165) is 5.56 Å². The van der Waals surface area contributed by atoms with E-state index in [0.29, 0.717) is 30.6 Å². The zero-order chi connectivity index (χ0) is 28.5. The van der Waals surface area contributed by atoms with Crippen LogP contribution in [0.15, 0.2) is 47.4 Å². The third-order valence-electron chi connectivity index (χ3n) is 8.94. The predicted molar refractivity (Wildman–Crippen MR) is 154 cm³/mol. The lowest BCUT2D eigenvalue weighted by molar-refractivity contribution is -0.156. The molecule has 0 spiro atoms. The highest BCUT2D eigenvalue weighted by molar-refractivity contribution is 6.00. The Morgan fingerprint density at radius 2 is 1.74 bits per heavy atom. The van der Waals surface area contributed by atoms with Crippen LogP contribution < -0.4 is 5.56 Å². The van der Waals surface area contributed by atoms with E-state index in [-0.39, 0.29) is 29.8 Å². The summed E-state index contributed by atoms with van der Waals surface area (Å²) in [6.45, 7) is 8.45. The van der Waals surface area contributed by atoms with Gasteiger partial charge in [0.15, 0.2) is 0 Å². The first-order valence-corrected chi connectivity index (χ1v) is 14.4. The number of fused-ring (bicyclic) bond motifs is 1. The number of amides is 2. The van der Waals surface area contributed by atoms with Crippen molar-refractivity contribution in [1.82, 2.24) is 14.4 Å². The molecule has 1 saturated heterocycles. The second-order valence-electron chi connectivity index (χ2n) is 12.9. The fraction of sp³-hybridized carbons (Fsp3) is 0.594. The quantitative estimate of drug-likeness (QED) is 0.603. The molecule has 1 N–H and O–H groups in total. The van der Waals surface area contributed by atoms with Crippen molar-refractivity contribution in [1.29, 1.82) is 0 Å². The van der Waals surface area contributed by atoms with Gasteiger partial charge in [0.05, 0.1) is 17.7 Å². The van der Waals surface area contributed by atoms with Crippen LogP contribution in [-0.4, -0.2) is 64.1 Å². The summed E-state index contributed by atoms with van der Waals surface area (Å²) in [7, 11) is 3.34. The van der Waals surface area contributed by atoms with Crippen molar-refractivity contribution in [3.63, 3.8) is 0 Å². The summed E-state index contributed by atoms with van der Waals surface area (Å²) < 4.78 is 1.44. The average Bonchev–Trinajstić information content (AvgIpc) is 3.50. The molecular weight excluding hydrogens is 490 g/mol. The highest BCUT2D eigenvalue weighted by Gasteiger charge is 2.49. The Balaban J connectivity index is 0.000000508. The summed E-state index contributed by atoms with van der Waals surface area (Å²) in [5.74, 6) is 2.16. The number of hydrogen-bond acceptors (Lipinski definition) is 4. The summed E-state index contributed by atoms with van der Waals surface area (Å²) in [5.41, 5.74) is -0.379. The summed E-state index contributed by atoms with van der Waals surface area (Å²) in [4.78, 5) is 41.9. The van der Waals surface area contributed by atoms with E-state index < -0.39 is 11.0 Å². The van der Waals surface area contributed by atoms with E-state index in [1.54, 1.807) is 44.5 Å². The molecule has 3 atom stereocenters. The average molecular weight is 536 g/mol. The van der Waals surface area contributed by atoms with E-state index in [1.807, 2.05) is 58.0 Å². The maximum atomic E-state index is 13.1. The number of carbonyl (C=O) groups excluding carboxylic acids is 2. The van der Waals surface area contributed by atoms with Gasteiger partial charge in [-0.2, -0.15) is 0 Å². The van der Waals surface area contributed by atoms with Crippen molar-refractivity contribution in [3.8, 4) is 11.1 Å². The molecule has 5 rings (SSSR count). The molecule has 7 nitrogen and oxygen atoms in total. The van der Waals surface area contributed by atoms with Gasteiger partial charge in [-0.25, -0.2) is 0 Å². The third-order valence-corrected chi connectivity index (χ3v) is 8.94. The van der Waals surface area contributed by atoms with Crippen molar-refractivity contribution in [2.45, 2.75) is 71.9 Å². The highest BCUT2D eigenvalue weighted by atomic mass is 16.3. The molecule has 1 aliphatic heterocycles. The molecular formula is C32H45N3O4. The fourth-order valence-electron chi connectivity index (χ4n) is 6.11. The highest BCUT2D eigenvalue weighted by Crippen LogP contribution is 2.51. The normalized spacial score (nSPS) is 25.0. The molecule has 3 fully saturated rings. The molecule has 2 heterocycles. The molecule has 0 bridgehead atoms. The van der Waals surface area contributed by atoms with Crippen molar-refractivity contribution < 1.29 is 14.7 Å². The van der Waals surface area contributed by atoms with Crippen molar-refractivity contribution in [2.75, 3.05) is 27.2 Å². The smallest absolute Gasteiger partial charge is 0.255 e. The number of nitrogens with zero attached hydrogens (tertiary/aromatic N) is 3.